The Morgan fingerprint density at radius 2 is 1.92 bits per heavy atom. The van der Waals surface area contributed by atoms with Crippen LogP contribution in [0, 0.1) is 0 Å². The number of alkyl halides is 3. The molecule has 3 nitrogen and oxygen atoms in total. The molecular formula is C16H11BrClF3O3. The van der Waals surface area contributed by atoms with Gasteiger partial charge >= 0.3 is 12.1 Å². The summed E-state index contributed by atoms with van der Waals surface area (Å²) >= 11 is 9.16. The fourth-order valence-electron chi connectivity index (χ4n) is 1.93. The fraction of sp³-hybridized carbons (Fsp3) is 0.188. The molecule has 0 bridgehead atoms. The van der Waals surface area contributed by atoms with Crippen LogP contribution >= 0.6 is 27.5 Å². The minimum atomic E-state index is -4.48. The number of carbonyl (C=O) groups is 1. The van der Waals surface area contributed by atoms with E-state index in [9.17, 15) is 18.0 Å². The van der Waals surface area contributed by atoms with Crippen LogP contribution in [-0.2, 0) is 17.4 Å². The Bertz CT molecular complexity index is 763. The smallest absolute Gasteiger partial charge is 0.416 e. The molecule has 2 rings (SSSR count). The monoisotopic (exact) mass is 422 g/mol. The number of ether oxygens (including phenoxy) is 1. The van der Waals surface area contributed by atoms with E-state index >= 15 is 0 Å². The van der Waals surface area contributed by atoms with Crippen molar-refractivity contribution in [3.8, 4) is 11.5 Å². The van der Waals surface area contributed by atoms with E-state index in [1.807, 2.05) is 0 Å². The van der Waals surface area contributed by atoms with Crippen LogP contribution in [0.15, 0.2) is 40.9 Å². The van der Waals surface area contributed by atoms with Crippen LogP contribution < -0.4 is 4.74 Å². The average Bonchev–Trinajstić information content (AvgIpc) is 2.48. The Balaban J connectivity index is 2.22. The molecule has 0 spiro atoms. The third-order valence-electron chi connectivity index (χ3n) is 3.11. The van der Waals surface area contributed by atoms with Crippen LogP contribution in [0.5, 0.6) is 11.5 Å². The largest absolute Gasteiger partial charge is 0.481 e. The van der Waals surface area contributed by atoms with Crippen molar-refractivity contribution in [3.63, 3.8) is 0 Å². The molecule has 0 saturated carbocycles. The van der Waals surface area contributed by atoms with Gasteiger partial charge in [0.2, 0.25) is 0 Å². The highest BCUT2D eigenvalue weighted by Gasteiger charge is 2.31. The standard InChI is InChI=1S/C16H11BrClF3O3/c17-12-4-3-11(7-9(12)1-6-15(22)23)24-14-5-2-10(8-13(14)18)16(19,20)21/h2-5,7-8H,1,6H2,(H,22,23). The van der Waals surface area contributed by atoms with Gasteiger partial charge in [0.05, 0.1) is 10.6 Å². The van der Waals surface area contributed by atoms with Gasteiger partial charge in [-0.05, 0) is 48.4 Å². The number of aliphatic carboxylic acids is 1. The van der Waals surface area contributed by atoms with Crippen molar-refractivity contribution >= 4 is 33.5 Å². The zero-order valence-corrected chi connectivity index (χ0v) is 14.4. The van der Waals surface area contributed by atoms with Gasteiger partial charge in [0.1, 0.15) is 11.5 Å². The van der Waals surface area contributed by atoms with Gasteiger partial charge in [-0.3, -0.25) is 4.79 Å². The second kappa shape index (κ2) is 7.44. The molecule has 0 saturated heterocycles. The lowest BCUT2D eigenvalue weighted by Crippen LogP contribution is -2.04. The third-order valence-corrected chi connectivity index (χ3v) is 4.18. The lowest BCUT2D eigenvalue weighted by molar-refractivity contribution is -0.138. The highest BCUT2D eigenvalue weighted by molar-refractivity contribution is 9.10. The van der Waals surface area contributed by atoms with Crippen LogP contribution in [0.4, 0.5) is 13.2 Å². The van der Waals surface area contributed by atoms with E-state index < -0.39 is 17.7 Å². The maximum absolute atomic E-state index is 12.6. The maximum Gasteiger partial charge on any atom is 0.416 e. The van der Waals surface area contributed by atoms with Gasteiger partial charge in [0.25, 0.3) is 0 Å². The van der Waals surface area contributed by atoms with Crippen molar-refractivity contribution in [1.29, 1.82) is 0 Å². The number of benzene rings is 2. The first-order valence-electron chi connectivity index (χ1n) is 6.71. The lowest BCUT2D eigenvalue weighted by atomic mass is 10.1. The van der Waals surface area contributed by atoms with E-state index in [0.717, 1.165) is 22.7 Å². The van der Waals surface area contributed by atoms with E-state index in [-0.39, 0.29) is 23.6 Å². The Morgan fingerprint density at radius 3 is 2.50 bits per heavy atom. The molecule has 0 aliphatic heterocycles. The Kier molecular flexibility index (Phi) is 5.77. The molecule has 1 N–H and O–H groups in total. The topological polar surface area (TPSA) is 46.5 Å². The van der Waals surface area contributed by atoms with Gasteiger partial charge in [-0.2, -0.15) is 13.2 Å². The number of rotatable bonds is 5. The van der Waals surface area contributed by atoms with Crippen LogP contribution in [0.2, 0.25) is 5.02 Å². The number of carboxylic acid groups (broad SMARTS) is 1. The summed E-state index contributed by atoms with van der Waals surface area (Å²) < 4.78 is 44.1. The molecule has 0 radical (unpaired) electrons. The Hall–Kier alpha value is -1.73. The number of hydrogen-bond donors (Lipinski definition) is 1. The predicted octanol–water partition coefficient (Wildman–Crippen LogP) is 5.93. The van der Waals surface area contributed by atoms with Gasteiger partial charge < -0.3 is 9.84 Å². The Labute approximate surface area is 149 Å². The third kappa shape index (κ3) is 4.88. The van der Waals surface area contributed by atoms with E-state index in [2.05, 4.69) is 15.9 Å². The van der Waals surface area contributed by atoms with Gasteiger partial charge in [-0.15, -0.1) is 0 Å². The van der Waals surface area contributed by atoms with Crippen LogP contribution in [0.3, 0.4) is 0 Å². The van der Waals surface area contributed by atoms with E-state index in [0.29, 0.717) is 11.3 Å². The summed E-state index contributed by atoms with van der Waals surface area (Å²) in [5.74, 6) is -0.504. The van der Waals surface area contributed by atoms with E-state index in [1.165, 1.54) is 0 Å². The summed E-state index contributed by atoms with van der Waals surface area (Å²) in [6.45, 7) is 0. The van der Waals surface area contributed by atoms with Crippen molar-refractivity contribution in [2.75, 3.05) is 0 Å². The fourth-order valence-corrected chi connectivity index (χ4v) is 2.60. The van der Waals surface area contributed by atoms with Crippen LogP contribution in [0.1, 0.15) is 17.5 Å². The first-order valence-corrected chi connectivity index (χ1v) is 7.89. The summed E-state index contributed by atoms with van der Waals surface area (Å²) in [4.78, 5) is 10.7. The van der Waals surface area contributed by atoms with Crippen molar-refractivity contribution < 1.29 is 27.8 Å². The number of aryl methyl sites for hydroxylation is 1. The summed E-state index contributed by atoms with van der Waals surface area (Å²) in [7, 11) is 0. The zero-order chi connectivity index (χ0) is 17.9. The Morgan fingerprint density at radius 1 is 1.21 bits per heavy atom. The highest BCUT2D eigenvalue weighted by Crippen LogP contribution is 2.37. The second-order valence-electron chi connectivity index (χ2n) is 4.89. The number of hydrogen-bond acceptors (Lipinski definition) is 2. The molecule has 0 aliphatic rings. The van der Waals surface area contributed by atoms with E-state index in [4.69, 9.17) is 21.4 Å². The maximum atomic E-state index is 12.6. The van der Waals surface area contributed by atoms with Crippen LogP contribution in [-0.4, -0.2) is 11.1 Å². The number of halogens is 5. The van der Waals surface area contributed by atoms with Crippen molar-refractivity contribution in [2.24, 2.45) is 0 Å². The molecule has 0 unspecified atom stereocenters. The molecule has 0 aromatic heterocycles. The molecular weight excluding hydrogens is 413 g/mol. The van der Waals surface area contributed by atoms with E-state index in [1.54, 1.807) is 18.2 Å². The first-order chi connectivity index (χ1) is 11.2. The zero-order valence-electron chi connectivity index (χ0n) is 12.0. The minimum Gasteiger partial charge on any atom is -0.481 e. The number of carboxylic acids is 1. The first kappa shape index (κ1) is 18.6. The van der Waals surface area contributed by atoms with Gasteiger partial charge in [-0.25, -0.2) is 0 Å². The average molecular weight is 424 g/mol. The van der Waals surface area contributed by atoms with Crippen molar-refractivity contribution in [3.05, 3.63) is 57.0 Å². The highest BCUT2D eigenvalue weighted by atomic mass is 79.9. The molecule has 0 heterocycles. The van der Waals surface area contributed by atoms with Crippen LogP contribution in [0.25, 0.3) is 0 Å². The van der Waals surface area contributed by atoms with Crippen molar-refractivity contribution in [1.82, 2.24) is 0 Å². The van der Waals surface area contributed by atoms with Crippen molar-refractivity contribution in [2.45, 2.75) is 19.0 Å². The minimum absolute atomic E-state index is 0.0525. The SMILES string of the molecule is O=C(O)CCc1cc(Oc2ccc(C(F)(F)F)cc2Cl)ccc1Br. The molecule has 8 heteroatoms. The molecule has 24 heavy (non-hydrogen) atoms. The van der Waals surface area contributed by atoms with Gasteiger partial charge in [-0.1, -0.05) is 27.5 Å². The predicted molar refractivity (Wildman–Crippen MR) is 86.6 cm³/mol. The molecule has 0 aliphatic carbocycles. The van der Waals surface area contributed by atoms with Gasteiger partial charge in [0, 0.05) is 10.9 Å². The quantitative estimate of drug-likeness (QED) is 0.648. The molecule has 2 aromatic rings. The molecule has 0 fully saturated rings. The molecule has 2 aromatic carbocycles. The summed E-state index contributed by atoms with van der Waals surface area (Å²) in [6.07, 6.45) is -4.25. The molecule has 128 valence electrons. The summed E-state index contributed by atoms with van der Waals surface area (Å²) in [5.41, 5.74) is -0.157. The molecule has 0 atom stereocenters. The molecule has 0 amide bonds. The summed E-state index contributed by atoms with van der Waals surface area (Å²) in [6, 6.07) is 7.70. The second-order valence-corrected chi connectivity index (χ2v) is 6.15. The van der Waals surface area contributed by atoms with Gasteiger partial charge in [0.15, 0.2) is 0 Å². The lowest BCUT2D eigenvalue weighted by Gasteiger charge is -2.12. The summed E-state index contributed by atoms with van der Waals surface area (Å²) in [5, 5.41) is 8.58. The normalized spacial score (nSPS) is 11.4.